The molecule has 0 unspecified atom stereocenters. The fraction of sp³-hybridized carbons (Fsp3) is 0.167. The normalized spacial score (nSPS) is 10.2. The van der Waals surface area contributed by atoms with E-state index in [1.807, 2.05) is 19.1 Å². The minimum atomic E-state index is -0.191. The van der Waals surface area contributed by atoms with Gasteiger partial charge in [0, 0.05) is 23.2 Å². The van der Waals surface area contributed by atoms with Gasteiger partial charge >= 0.3 is 0 Å². The summed E-state index contributed by atoms with van der Waals surface area (Å²) in [5.74, 6) is 0.718. The van der Waals surface area contributed by atoms with E-state index in [4.69, 9.17) is 11.6 Å². The summed E-state index contributed by atoms with van der Waals surface area (Å²) in [4.78, 5) is 11.9. The maximum Gasteiger partial charge on any atom is 0.256 e. The average molecular weight is 250 g/mol. The van der Waals surface area contributed by atoms with Gasteiger partial charge in [0.2, 0.25) is 0 Å². The molecule has 0 fully saturated rings. The third-order valence-corrected chi connectivity index (χ3v) is 2.60. The Kier molecular flexibility index (Phi) is 3.44. The molecule has 2 N–H and O–H groups in total. The van der Waals surface area contributed by atoms with Gasteiger partial charge in [0.25, 0.3) is 5.91 Å². The maximum absolute atomic E-state index is 11.9. The Morgan fingerprint density at radius 1 is 1.47 bits per heavy atom. The largest absolute Gasteiger partial charge is 0.305 e. The summed E-state index contributed by atoms with van der Waals surface area (Å²) in [7, 11) is 0. The van der Waals surface area contributed by atoms with Crippen molar-refractivity contribution in [1.29, 1.82) is 0 Å². The van der Waals surface area contributed by atoms with Gasteiger partial charge in [-0.05, 0) is 24.6 Å². The van der Waals surface area contributed by atoms with Crippen LogP contribution >= 0.6 is 11.6 Å². The van der Waals surface area contributed by atoms with Crippen LogP contribution in [-0.2, 0) is 5.88 Å². The number of anilines is 1. The first-order valence-corrected chi connectivity index (χ1v) is 5.71. The first-order chi connectivity index (χ1) is 8.19. The van der Waals surface area contributed by atoms with Gasteiger partial charge in [0.15, 0.2) is 5.82 Å². The molecule has 0 saturated carbocycles. The van der Waals surface area contributed by atoms with Crippen LogP contribution in [0.5, 0.6) is 0 Å². The highest BCUT2D eigenvalue weighted by Gasteiger charge is 2.08. The zero-order valence-electron chi connectivity index (χ0n) is 9.33. The zero-order valence-corrected chi connectivity index (χ0v) is 10.1. The molecule has 0 aliphatic carbocycles. The summed E-state index contributed by atoms with van der Waals surface area (Å²) in [6, 6.07) is 8.96. The monoisotopic (exact) mass is 249 g/mol. The van der Waals surface area contributed by atoms with E-state index in [0.717, 1.165) is 11.3 Å². The molecule has 0 radical (unpaired) electrons. The average Bonchev–Trinajstić information content (AvgIpc) is 2.75. The second-order valence-corrected chi connectivity index (χ2v) is 3.99. The van der Waals surface area contributed by atoms with Gasteiger partial charge in [-0.1, -0.05) is 12.1 Å². The van der Waals surface area contributed by atoms with Crippen LogP contribution < -0.4 is 5.32 Å². The molecule has 0 saturated heterocycles. The number of nitrogens with zero attached hydrogens (tertiary/aromatic N) is 1. The molecule has 4 nitrogen and oxygen atoms in total. The highest BCUT2D eigenvalue weighted by Crippen LogP contribution is 2.10. The van der Waals surface area contributed by atoms with Gasteiger partial charge < -0.3 is 5.32 Å². The number of aryl methyl sites for hydroxylation is 1. The minimum Gasteiger partial charge on any atom is -0.305 e. The van der Waals surface area contributed by atoms with Gasteiger partial charge in [-0.3, -0.25) is 9.89 Å². The third kappa shape index (κ3) is 2.85. The van der Waals surface area contributed by atoms with Crippen molar-refractivity contribution in [2.45, 2.75) is 12.8 Å². The number of alkyl halides is 1. The number of hydrogen-bond acceptors (Lipinski definition) is 2. The summed E-state index contributed by atoms with van der Waals surface area (Å²) in [6.07, 6.45) is 0. The topological polar surface area (TPSA) is 57.8 Å². The fourth-order valence-electron chi connectivity index (χ4n) is 1.47. The number of aromatic amines is 1. The molecular formula is C12H12ClN3O. The SMILES string of the molecule is Cc1cc(NC(=O)c2cccc(CCl)c2)n[nH]1. The van der Waals surface area contributed by atoms with Crippen molar-refractivity contribution in [1.82, 2.24) is 10.2 Å². The van der Waals surface area contributed by atoms with E-state index in [0.29, 0.717) is 17.3 Å². The Hall–Kier alpha value is -1.81. The number of nitrogens with one attached hydrogen (secondary N) is 2. The van der Waals surface area contributed by atoms with Gasteiger partial charge in [-0.2, -0.15) is 5.10 Å². The zero-order chi connectivity index (χ0) is 12.3. The van der Waals surface area contributed by atoms with E-state index in [2.05, 4.69) is 15.5 Å². The summed E-state index contributed by atoms with van der Waals surface area (Å²) >= 11 is 5.72. The van der Waals surface area contributed by atoms with Gasteiger partial charge in [-0.25, -0.2) is 0 Å². The fourth-order valence-corrected chi connectivity index (χ4v) is 1.63. The molecule has 1 aromatic carbocycles. The molecule has 0 spiro atoms. The van der Waals surface area contributed by atoms with Crippen LogP contribution in [0.2, 0.25) is 0 Å². The van der Waals surface area contributed by atoms with E-state index in [-0.39, 0.29) is 5.91 Å². The molecular weight excluding hydrogens is 238 g/mol. The van der Waals surface area contributed by atoms with Gasteiger partial charge in [0.05, 0.1) is 0 Å². The van der Waals surface area contributed by atoms with Crippen LogP contribution in [0.1, 0.15) is 21.6 Å². The van der Waals surface area contributed by atoms with E-state index >= 15 is 0 Å². The van der Waals surface area contributed by atoms with Crippen LogP contribution in [0.4, 0.5) is 5.82 Å². The Bertz CT molecular complexity index is 536. The quantitative estimate of drug-likeness (QED) is 0.822. The standard InChI is InChI=1S/C12H12ClN3O/c1-8-5-11(16-15-8)14-12(17)10-4-2-3-9(6-10)7-13/h2-6H,7H2,1H3,(H2,14,15,16,17). The van der Waals surface area contributed by atoms with E-state index in [9.17, 15) is 4.79 Å². The van der Waals surface area contributed by atoms with Crippen LogP contribution in [0.3, 0.4) is 0 Å². The molecule has 17 heavy (non-hydrogen) atoms. The predicted molar refractivity (Wildman–Crippen MR) is 67.3 cm³/mol. The second kappa shape index (κ2) is 5.01. The molecule has 1 heterocycles. The lowest BCUT2D eigenvalue weighted by Gasteiger charge is -2.03. The van der Waals surface area contributed by atoms with E-state index in [1.165, 1.54) is 0 Å². The molecule has 1 amide bonds. The van der Waals surface area contributed by atoms with Crippen molar-refractivity contribution in [2.75, 3.05) is 5.32 Å². The number of benzene rings is 1. The van der Waals surface area contributed by atoms with E-state index in [1.54, 1.807) is 18.2 Å². The van der Waals surface area contributed by atoms with Crippen molar-refractivity contribution < 1.29 is 4.79 Å². The highest BCUT2D eigenvalue weighted by atomic mass is 35.5. The lowest BCUT2D eigenvalue weighted by atomic mass is 10.1. The van der Waals surface area contributed by atoms with Gasteiger partial charge in [0.1, 0.15) is 0 Å². The first kappa shape index (κ1) is 11.7. The van der Waals surface area contributed by atoms with Crippen molar-refractivity contribution in [3.05, 3.63) is 47.2 Å². The summed E-state index contributed by atoms with van der Waals surface area (Å²) in [6.45, 7) is 1.87. The summed E-state index contributed by atoms with van der Waals surface area (Å²) < 4.78 is 0. The summed E-state index contributed by atoms with van der Waals surface area (Å²) in [5.41, 5.74) is 2.39. The lowest BCUT2D eigenvalue weighted by molar-refractivity contribution is 0.102. The lowest BCUT2D eigenvalue weighted by Crippen LogP contribution is -2.12. The van der Waals surface area contributed by atoms with Crippen LogP contribution in [0, 0.1) is 6.92 Å². The molecule has 5 heteroatoms. The Labute approximate surface area is 104 Å². The molecule has 0 aliphatic heterocycles. The Morgan fingerprint density at radius 2 is 2.29 bits per heavy atom. The molecule has 0 aliphatic rings. The predicted octanol–water partition coefficient (Wildman–Crippen LogP) is 2.71. The van der Waals surface area contributed by atoms with Crippen LogP contribution in [0.25, 0.3) is 0 Å². The van der Waals surface area contributed by atoms with E-state index < -0.39 is 0 Å². The molecule has 0 atom stereocenters. The number of rotatable bonds is 3. The number of halogens is 1. The third-order valence-electron chi connectivity index (χ3n) is 2.29. The minimum absolute atomic E-state index is 0.191. The van der Waals surface area contributed by atoms with Crippen molar-refractivity contribution in [3.8, 4) is 0 Å². The number of carbonyl (C=O) groups is 1. The second-order valence-electron chi connectivity index (χ2n) is 3.72. The van der Waals surface area contributed by atoms with Crippen LogP contribution in [0.15, 0.2) is 30.3 Å². The molecule has 2 rings (SSSR count). The first-order valence-electron chi connectivity index (χ1n) is 5.17. The summed E-state index contributed by atoms with van der Waals surface area (Å²) in [5, 5.41) is 9.41. The number of aromatic nitrogens is 2. The number of carbonyl (C=O) groups excluding carboxylic acids is 1. The van der Waals surface area contributed by atoms with Crippen molar-refractivity contribution >= 4 is 23.3 Å². The van der Waals surface area contributed by atoms with Gasteiger partial charge in [-0.15, -0.1) is 11.6 Å². The molecule has 1 aromatic heterocycles. The Morgan fingerprint density at radius 3 is 2.94 bits per heavy atom. The highest BCUT2D eigenvalue weighted by molar-refractivity contribution is 6.17. The smallest absolute Gasteiger partial charge is 0.256 e. The number of hydrogen-bond donors (Lipinski definition) is 2. The van der Waals surface area contributed by atoms with Crippen LogP contribution in [-0.4, -0.2) is 16.1 Å². The molecule has 0 bridgehead atoms. The van der Waals surface area contributed by atoms with Crippen molar-refractivity contribution in [2.24, 2.45) is 0 Å². The maximum atomic E-state index is 11.9. The number of H-pyrrole nitrogens is 1. The Balaban J connectivity index is 2.14. The number of amides is 1. The molecule has 2 aromatic rings. The van der Waals surface area contributed by atoms with Crippen molar-refractivity contribution in [3.63, 3.8) is 0 Å². The molecule has 88 valence electrons.